The van der Waals surface area contributed by atoms with E-state index in [0.29, 0.717) is 5.92 Å². The lowest BCUT2D eigenvalue weighted by atomic mass is 10.2. The highest BCUT2D eigenvalue weighted by molar-refractivity contribution is 5.90. The Morgan fingerprint density at radius 1 is 1.05 bits per heavy atom. The van der Waals surface area contributed by atoms with Crippen molar-refractivity contribution in [3.05, 3.63) is 48.5 Å². The van der Waals surface area contributed by atoms with Gasteiger partial charge in [-0.3, -0.25) is 0 Å². The molecule has 0 radical (unpaired) electrons. The first kappa shape index (κ1) is 12.7. The second kappa shape index (κ2) is 5.00. The molecule has 3 rings (SSSR count). The molecule has 3 nitrogen and oxygen atoms in total. The van der Waals surface area contributed by atoms with Crippen molar-refractivity contribution < 1.29 is 0 Å². The molecule has 0 fully saturated rings. The van der Waals surface area contributed by atoms with Crippen molar-refractivity contribution in [2.45, 2.75) is 20.4 Å². The van der Waals surface area contributed by atoms with Gasteiger partial charge in [-0.25, -0.2) is 4.98 Å². The Labute approximate surface area is 119 Å². The van der Waals surface area contributed by atoms with Crippen molar-refractivity contribution in [3.63, 3.8) is 0 Å². The standard InChI is InChI=1S/C17H19N3/c1-12(2)11-20-15-10-6-9-14(18)16(15)19-17(20)13-7-4-3-5-8-13/h3-10,12H,11,18H2,1-2H3. The minimum absolute atomic E-state index is 0.552. The van der Waals surface area contributed by atoms with Crippen LogP contribution in [0.25, 0.3) is 22.4 Å². The Kier molecular flexibility index (Phi) is 3.18. The van der Waals surface area contributed by atoms with Gasteiger partial charge in [0.2, 0.25) is 0 Å². The van der Waals surface area contributed by atoms with E-state index in [2.05, 4.69) is 36.6 Å². The summed E-state index contributed by atoms with van der Waals surface area (Å²) in [6.07, 6.45) is 0. The van der Waals surface area contributed by atoms with Gasteiger partial charge in [0.25, 0.3) is 0 Å². The van der Waals surface area contributed by atoms with Crippen molar-refractivity contribution in [1.82, 2.24) is 9.55 Å². The van der Waals surface area contributed by atoms with Gasteiger partial charge in [-0.1, -0.05) is 50.2 Å². The molecule has 0 unspecified atom stereocenters. The Hall–Kier alpha value is -2.29. The number of benzene rings is 2. The molecule has 0 bridgehead atoms. The minimum Gasteiger partial charge on any atom is -0.397 e. The second-order valence-electron chi connectivity index (χ2n) is 5.52. The third kappa shape index (κ3) is 2.16. The van der Waals surface area contributed by atoms with E-state index < -0.39 is 0 Å². The van der Waals surface area contributed by atoms with E-state index >= 15 is 0 Å². The Balaban J connectivity index is 2.27. The molecular formula is C17H19N3. The largest absolute Gasteiger partial charge is 0.397 e. The predicted molar refractivity (Wildman–Crippen MR) is 84.4 cm³/mol. The highest BCUT2D eigenvalue weighted by Gasteiger charge is 2.14. The summed E-state index contributed by atoms with van der Waals surface area (Å²) in [5.41, 5.74) is 9.94. The maximum atomic E-state index is 6.07. The molecule has 0 aliphatic heterocycles. The lowest BCUT2D eigenvalue weighted by molar-refractivity contribution is 0.536. The number of para-hydroxylation sites is 1. The van der Waals surface area contributed by atoms with E-state index in [0.717, 1.165) is 34.7 Å². The predicted octanol–water partition coefficient (Wildman–Crippen LogP) is 3.94. The van der Waals surface area contributed by atoms with Gasteiger partial charge in [-0.15, -0.1) is 0 Å². The van der Waals surface area contributed by atoms with Crippen molar-refractivity contribution in [2.24, 2.45) is 5.92 Å². The molecule has 1 heterocycles. The van der Waals surface area contributed by atoms with Gasteiger partial charge in [-0.05, 0) is 18.1 Å². The van der Waals surface area contributed by atoms with Crippen LogP contribution in [0.4, 0.5) is 5.69 Å². The monoisotopic (exact) mass is 265 g/mol. The summed E-state index contributed by atoms with van der Waals surface area (Å²) in [6, 6.07) is 16.3. The molecule has 0 spiro atoms. The SMILES string of the molecule is CC(C)Cn1c(-c2ccccc2)nc2c(N)cccc21. The molecule has 2 N–H and O–H groups in total. The van der Waals surface area contributed by atoms with Crippen molar-refractivity contribution >= 4 is 16.7 Å². The number of hydrogen-bond acceptors (Lipinski definition) is 2. The fourth-order valence-corrected chi connectivity index (χ4v) is 2.53. The van der Waals surface area contributed by atoms with Gasteiger partial charge >= 0.3 is 0 Å². The van der Waals surface area contributed by atoms with Crippen LogP contribution < -0.4 is 5.73 Å². The van der Waals surface area contributed by atoms with Gasteiger partial charge < -0.3 is 10.3 Å². The van der Waals surface area contributed by atoms with Crippen LogP contribution in [0.3, 0.4) is 0 Å². The number of imidazole rings is 1. The number of nitrogen functional groups attached to an aromatic ring is 1. The van der Waals surface area contributed by atoms with E-state index in [4.69, 9.17) is 10.7 Å². The van der Waals surface area contributed by atoms with E-state index in [1.165, 1.54) is 0 Å². The molecular weight excluding hydrogens is 246 g/mol. The zero-order valence-electron chi connectivity index (χ0n) is 11.9. The van der Waals surface area contributed by atoms with Crippen LogP contribution in [-0.2, 0) is 6.54 Å². The molecule has 0 amide bonds. The third-order valence-corrected chi connectivity index (χ3v) is 3.39. The molecule has 0 saturated carbocycles. The quantitative estimate of drug-likeness (QED) is 0.729. The lowest BCUT2D eigenvalue weighted by Crippen LogP contribution is -2.06. The van der Waals surface area contributed by atoms with Gasteiger partial charge in [0.05, 0.1) is 11.2 Å². The highest BCUT2D eigenvalue weighted by Crippen LogP contribution is 2.28. The fourth-order valence-electron chi connectivity index (χ4n) is 2.53. The molecule has 0 aliphatic rings. The van der Waals surface area contributed by atoms with Gasteiger partial charge in [0.1, 0.15) is 11.3 Å². The van der Waals surface area contributed by atoms with Crippen LogP contribution >= 0.6 is 0 Å². The first-order valence-electron chi connectivity index (χ1n) is 6.97. The molecule has 3 aromatic rings. The number of nitrogens with zero attached hydrogens (tertiary/aromatic N) is 2. The third-order valence-electron chi connectivity index (χ3n) is 3.39. The number of aromatic nitrogens is 2. The smallest absolute Gasteiger partial charge is 0.141 e. The molecule has 0 saturated heterocycles. The van der Waals surface area contributed by atoms with E-state index in [9.17, 15) is 0 Å². The zero-order valence-corrected chi connectivity index (χ0v) is 11.9. The summed E-state index contributed by atoms with van der Waals surface area (Å²) in [7, 11) is 0. The van der Waals surface area contributed by atoms with Crippen LogP contribution in [0.2, 0.25) is 0 Å². The molecule has 0 aliphatic carbocycles. The summed E-state index contributed by atoms with van der Waals surface area (Å²) in [5.74, 6) is 1.54. The zero-order chi connectivity index (χ0) is 14.1. The molecule has 3 heteroatoms. The first-order valence-corrected chi connectivity index (χ1v) is 6.97. The number of fused-ring (bicyclic) bond motifs is 1. The molecule has 20 heavy (non-hydrogen) atoms. The fraction of sp³-hybridized carbons (Fsp3) is 0.235. The van der Waals surface area contributed by atoms with Crippen LogP contribution in [0.5, 0.6) is 0 Å². The summed E-state index contributed by atoms with van der Waals surface area (Å²) >= 11 is 0. The van der Waals surface area contributed by atoms with Crippen LogP contribution in [-0.4, -0.2) is 9.55 Å². The minimum atomic E-state index is 0.552. The maximum Gasteiger partial charge on any atom is 0.141 e. The van der Waals surface area contributed by atoms with Crippen molar-refractivity contribution in [3.8, 4) is 11.4 Å². The van der Waals surface area contributed by atoms with Crippen molar-refractivity contribution in [1.29, 1.82) is 0 Å². The van der Waals surface area contributed by atoms with Crippen LogP contribution in [0.1, 0.15) is 13.8 Å². The number of rotatable bonds is 3. The average molecular weight is 265 g/mol. The van der Waals surface area contributed by atoms with Gasteiger partial charge in [-0.2, -0.15) is 0 Å². The number of anilines is 1. The van der Waals surface area contributed by atoms with E-state index in [1.54, 1.807) is 0 Å². The normalized spacial score (nSPS) is 11.3. The van der Waals surface area contributed by atoms with Gasteiger partial charge in [0, 0.05) is 12.1 Å². The Morgan fingerprint density at radius 3 is 2.50 bits per heavy atom. The van der Waals surface area contributed by atoms with Crippen LogP contribution in [0, 0.1) is 5.92 Å². The molecule has 0 atom stereocenters. The summed E-state index contributed by atoms with van der Waals surface area (Å²) in [6.45, 7) is 5.37. The molecule has 102 valence electrons. The average Bonchev–Trinajstić information content (AvgIpc) is 2.80. The highest BCUT2D eigenvalue weighted by atomic mass is 15.1. The molecule has 1 aromatic heterocycles. The molecule has 2 aromatic carbocycles. The maximum absolute atomic E-state index is 6.07. The van der Waals surface area contributed by atoms with Gasteiger partial charge in [0.15, 0.2) is 0 Å². The van der Waals surface area contributed by atoms with E-state index in [-0.39, 0.29) is 0 Å². The topological polar surface area (TPSA) is 43.8 Å². The Morgan fingerprint density at radius 2 is 1.80 bits per heavy atom. The summed E-state index contributed by atoms with van der Waals surface area (Å²) < 4.78 is 2.27. The number of nitrogens with two attached hydrogens (primary N) is 1. The van der Waals surface area contributed by atoms with Crippen molar-refractivity contribution in [2.75, 3.05) is 5.73 Å². The second-order valence-corrected chi connectivity index (χ2v) is 5.52. The first-order chi connectivity index (χ1) is 9.66. The summed E-state index contributed by atoms with van der Waals surface area (Å²) in [4.78, 5) is 4.77. The summed E-state index contributed by atoms with van der Waals surface area (Å²) in [5, 5.41) is 0. The lowest BCUT2D eigenvalue weighted by Gasteiger charge is -2.11. The van der Waals surface area contributed by atoms with Crippen LogP contribution in [0.15, 0.2) is 48.5 Å². The number of hydrogen-bond donors (Lipinski definition) is 1. The van der Waals surface area contributed by atoms with E-state index in [1.807, 2.05) is 30.3 Å². The Bertz CT molecular complexity index is 727.